The van der Waals surface area contributed by atoms with Crippen LogP contribution >= 0.6 is 0 Å². The molecule has 0 aromatic heterocycles. The van der Waals surface area contributed by atoms with E-state index in [1.54, 1.807) is 0 Å². The van der Waals surface area contributed by atoms with Gasteiger partial charge in [0.15, 0.2) is 17.5 Å². The van der Waals surface area contributed by atoms with Gasteiger partial charge in [0.25, 0.3) is 0 Å². The van der Waals surface area contributed by atoms with Crippen molar-refractivity contribution in [3.8, 4) is 23.0 Å². The van der Waals surface area contributed by atoms with Crippen LogP contribution in [0.5, 0.6) is 0 Å². The van der Waals surface area contributed by atoms with Crippen molar-refractivity contribution < 1.29 is 30.7 Å². The van der Waals surface area contributed by atoms with Crippen molar-refractivity contribution in [3.05, 3.63) is 118 Å². The molecule has 0 bridgehead atoms. The molecule has 0 heterocycles. The molecule has 7 heteroatoms. The average Bonchev–Trinajstić information content (AvgIpc) is 2.82. The molecular formula is C29H17F7. The summed E-state index contributed by atoms with van der Waals surface area (Å²) in [5, 5.41) is -0.173. The Morgan fingerprint density at radius 2 is 1.36 bits per heavy atom. The molecule has 0 aliphatic rings. The van der Waals surface area contributed by atoms with Gasteiger partial charge in [-0.05, 0) is 78.7 Å². The largest absolute Gasteiger partial charge is 0.206 e. The predicted octanol–water partition coefficient (Wildman–Crippen LogP) is 8.39. The van der Waals surface area contributed by atoms with E-state index in [1.165, 1.54) is 18.2 Å². The van der Waals surface area contributed by atoms with Gasteiger partial charge in [0.05, 0.1) is 11.1 Å². The van der Waals surface area contributed by atoms with E-state index in [1.807, 2.05) is 19.1 Å². The third kappa shape index (κ3) is 4.99. The molecule has 0 spiro atoms. The SMILES string of the molecule is C/C=C/CCc1cc(F)c(-c2cc(F)c(C#Cc3ccc4c(F)c(F)c(F)cc4c3)c(F)c2)c(F)c1. The number of hydrogen-bond acceptors (Lipinski definition) is 0. The number of allylic oxidation sites excluding steroid dienone is 2. The Hall–Kier alpha value is -4.05. The van der Waals surface area contributed by atoms with Crippen LogP contribution in [0.4, 0.5) is 30.7 Å². The summed E-state index contributed by atoms with van der Waals surface area (Å²) in [4.78, 5) is 0. The molecule has 0 fully saturated rings. The van der Waals surface area contributed by atoms with E-state index in [9.17, 15) is 30.7 Å². The zero-order chi connectivity index (χ0) is 26.0. The number of aryl methyl sites for hydroxylation is 1. The molecule has 0 aliphatic heterocycles. The van der Waals surface area contributed by atoms with Crippen molar-refractivity contribution in [2.75, 3.05) is 0 Å². The number of hydrogen-bond donors (Lipinski definition) is 0. The summed E-state index contributed by atoms with van der Waals surface area (Å²) in [6, 6.07) is 8.28. The molecular weight excluding hydrogens is 481 g/mol. The molecule has 4 rings (SSSR count). The summed E-state index contributed by atoms with van der Waals surface area (Å²) in [5.41, 5.74) is -0.981. The molecule has 0 amide bonds. The zero-order valence-corrected chi connectivity index (χ0v) is 18.8. The fraction of sp³-hybridized carbons (Fsp3) is 0.103. The lowest BCUT2D eigenvalue weighted by atomic mass is 9.98. The molecule has 0 aliphatic carbocycles. The second-order valence-corrected chi connectivity index (χ2v) is 8.03. The van der Waals surface area contributed by atoms with Gasteiger partial charge < -0.3 is 0 Å². The molecule has 0 N–H and O–H groups in total. The van der Waals surface area contributed by atoms with E-state index in [0.29, 0.717) is 18.4 Å². The van der Waals surface area contributed by atoms with Crippen molar-refractivity contribution in [2.24, 2.45) is 0 Å². The molecule has 0 nitrogen and oxygen atoms in total. The van der Waals surface area contributed by atoms with Crippen LogP contribution in [0.3, 0.4) is 0 Å². The highest BCUT2D eigenvalue weighted by molar-refractivity contribution is 5.84. The lowest BCUT2D eigenvalue weighted by Gasteiger charge is -2.10. The molecule has 182 valence electrons. The summed E-state index contributed by atoms with van der Waals surface area (Å²) in [5.74, 6) is -3.77. The van der Waals surface area contributed by atoms with Crippen LogP contribution in [0.2, 0.25) is 0 Å². The highest BCUT2D eigenvalue weighted by Gasteiger charge is 2.18. The van der Waals surface area contributed by atoms with Crippen LogP contribution < -0.4 is 0 Å². The Labute approximate surface area is 202 Å². The van der Waals surface area contributed by atoms with Gasteiger partial charge in [0.1, 0.15) is 23.3 Å². The fourth-order valence-corrected chi connectivity index (χ4v) is 3.82. The van der Waals surface area contributed by atoms with Gasteiger partial charge in [0.2, 0.25) is 0 Å². The van der Waals surface area contributed by atoms with Gasteiger partial charge in [-0.15, -0.1) is 0 Å². The fourth-order valence-electron chi connectivity index (χ4n) is 3.82. The van der Waals surface area contributed by atoms with E-state index >= 15 is 0 Å². The topological polar surface area (TPSA) is 0 Å². The normalized spacial score (nSPS) is 11.2. The highest BCUT2D eigenvalue weighted by Crippen LogP contribution is 2.30. The van der Waals surface area contributed by atoms with E-state index in [4.69, 9.17) is 0 Å². The van der Waals surface area contributed by atoms with Gasteiger partial charge in [-0.3, -0.25) is 0 Å². The van der Waals surface area contributed by atoms with E-state index in [-0.39, 0.29) is 21.9 Å². The lowest BCUT2D eigenvalue weighted by molar-refractivity contribution is 0.453. The quantitative estimate of drug-likeness (QED) is 0.115. The average molecular weight is 498 g/mol. The first-order valence-electron chi connectivity index (χ1n) is 10.9. The third-order valence-electron chi connectivity index (χ3n) is 5.57. The molecule has 0 saturated carbocycles. The monoisotopic (exact) mass is 498 g/mol. The van der Waals surface area contributed by atoms with Gasteiger partial charge in [-0.2, -0.15) is 0 Å². The molecule has 0 atom stereocenters. The molecule has 4 aromatic rings. The lowest BCUT2D eigenvalue weighted by Crippen LogP contribution is -1.98. The number of fused-ring (bicyclic) bond motifs is 1. The molecule has 36 heavy (non-hydrogen) atoms. The summed E-state index contributed by atoms with van der Waals surface area (Å²) >= 11 is 0. The Morgan fingerprint density at radius 1 is 0.694 bits per heavy atom. The minimum absolute atomic E-state index is 0.00889. The van der Waals surface area contributed by atoms with Crippen molar-refractivity contribution >= 4 is 10.8 Å². The first-order chi connectivity index (χ1) is 17.2. The standard InChI is InChI=1S/C29H17F7/c1-2-3-4-5-17-11-24(32)27(25(33)12-17)19-14-22(30)21(23(31)15-19)9-7-16-6-8-20-18(10-16)13-26(34)29(36)28(20)35/h2-3,6,8,10-15H,4-5H2,1H3/b3-2+. The first kappa shape index (κ1) is 25.1. The van der Waals surface area contributed by atoms with Gasteiger partial charge in [0, 0.05) is 10.9 Å². The summed E-state index contributed by atoms with van der Waals surface area (Å²) in [6.07, 6.45) is 4.66. The number of rotatable bonds is 4. The smallest absolute Gasteiger partial charge is 0.195 e. The first-order valence-corrected chi connectivity index (χ1v) is 10.9. The van der Waals surface area contributed by atoms with Crippen LogP contribution in [0, 0.1) is 52.6 Å². The van der Waals surface area contributed by atoms with Crippen molar-refractivity contribution in [2.45, 2.75) is 19.8 Å². The van der Waals surface area contributed by atoms with Crippen molar-refractivity contribution in [3.63, 3.8) is 0 Å². The van der Waals surface area contributed by atoms with Gasteiger partial charge in [-0.1, -0.05) is 30.1 Å². The van der Waals surface area contributed by atoms with E-state index in [2.05, 4.69) is 11.8 Å². The minimum atomic E-state index is -1.61. The molecule has 0 radical (unpaired) electrons. The van der Waals surface area contributed by atoms with Gasteiger partial charge >= 0.3 is 0 Å². The van der Waals surface area contributed by atoms with Crippen LogP contribution in [0.25, 0.3) is 21.9 Å². The Morgan fingerprint density at radius 3 is 2.00 bits per heavy atom. The number of halogens is 7. The van der Waals surface area contributed by atoms with Crippen LogP contribution in [0.15, 0.2) is 60.7 Å². The van der Waals surface area contributed by atoms with Gasteiger partial charge in [-0.25, -0.2) is 30.7 Å². The Balaban J connectivity index is 1.68. The minimum Gasteiger partial charge on any atom is -0.206 e. The van der Waals surface area contributed by atoms with Crippen molar-refractivity contribution in [1.82, 2.24) is 0 Å². The summed E-state index contributed by atoms with van der Waals surface area (Å²) in [7, 11) is 0. The maximum absolute atomic E-state index is 14.7. The zero-order valence-electron chi connectivity index (χ0n) is 18.8. The highest BCUT2D eigenvalue weighted by atomic mass is 19.2. The molecule has 0 unspecified atom stereocenters. The Bertz CT molecular complexity index is 1530. The summed E-state index contributed by atoms with van der Waals surface area (Å²) in [6.45, 7) is 1.83. The van der Waals surface area contributed by atoms with Crippen LogP contribution in [0.1, 0.15) is 30.0 Å². The molecule has 0 saturated heterocycles. The summed E-state index contributed by atoms with van der Waals surface area (Å²) < 4.78 is 99.5. The molecule has 4 aromatic carbocycles. The van der Waals surface area contributed by atoms with E-state index in [0.717, 1.165) is 30.3 Å². The van der Waals surface area contributed by atoms with Crippen molar-refractivity contribution in [1.29, 1.82) is 0 Å². The van der Waals surface area contributed by atoms with E-state index < -0.39 is 51.8 Å². The third-order valence-corrected chi connectivity index (χ3v) is 5.57. The maximum atomic E-state index is 14.7. The number of benzene rings is 4. The Kier molecular flexibility index (Phi) is 7.16. The second-order valence-electron chi connectivity index (χ2n) is 8.03. The van der Waals surface area contributed by atoms with Crippen LogP contribution in [-0.4, -0.2) is 0 Å². The van der Waals surface area contributed by atoms with Crippen LogP contribution in [-0.2, 0) is 6.42 Å². The maximum Gasteiger partial charge on any atom is 0.195 e. The predicted molar refractivity (Wildman–Crippen MR) is 125 cm³/mol. The second kappa shape index (κ2) is 10.3.